The van der Waals surface area contributed by atoms with Crippen LogP contribution < -0.4 is 0 Å². The van der Waals surface area contributed by atoms with Gasteiger partial charge in [-0.15, -0.1) is 0 Å². The van der Waals surface area contributed by atoms with Crippen LogP contribution in [0.4, 0.5) is 13.2 Å². The van der Waals surface area contributed by atoms with Gasteiger partial charge in [0.2, 0.25) is 0 Å². The summed E-state index contributed by atoms with van der Waals surface area (Å²) in [7, 11) is 0. The molecule has 0 N–H and O–H groups in total. The molecule has 0 aliphatic carbocycles. The molecular weight excluding hydrogens is 333 g/mol. The molecule has 3 aromatic carbocycles. The zero-order chi connectivity index (χ0) is 19.4. The predicted molar refractivity (Wildman–Crippen MR) is 103 cm³/mol. The lowest BCUT2D eigenvalue weighted by Crippen LogP contribution is -1.78. The number of hydrogen-bond donors (Lipinski definition) is 0. The summed E-state index contributed by atoms with van der Waals surface area (Å²) in [5, 5.41) is 0. The van der Waals surface area contributed by atoms with Gasteiger partial charge in [-0.25, -0.2) is 13.2 Å². The van der Waals surface area contributed by atoms with Gasteiger partial charge in [-0.2, -0.15) is 0 Å². The Labute approximate surface area is 154 Å². The summed E-state index contributed by atoms with van der Waals surface area (Å²) in [6, 6.07) is 19.5. The molecule has 3 aromatic rings. The number of aryl methyl sites for hydroxylation is 3. The van der Waals surface area contributed by atoms with Crippen LogP contribution in [0.1, 0.15) is 30.5 Å². The van der Waals surface area contributed by atoms with E-state index in [0.717, 1.165) is 18.4 Å². The second kappa shape index (κ2) is 11.9. The Balaban J connectivity index is 0.000000195. The summed E-state index contributed by atoms with van der Waals surface area (Å²) in [6.07, 6.45) is 1.94. The first-order valence-electron chi connectivity index (χ1n) is 8.65. The van der Waals surface area contributed by atoms with Crippen molar-refractivity contribution in [1.82, 2.24) is 0 Å². The fourth-order valence-corrected chi connectivity index (χ4v) is 1.97. The Bertz CT molecular complexity index is 663. The van der Waals surface area contributed by atoms with Gasteiger partial charge in [0.1, 0.15) is 17.5 Å². The number of hydrogen-bond acceptors (Lipinski definition) is 0. The summed E-state index contributed by atoms with van der Waals surface area (Å²) >= 11 is 0. The van der Waals surface area contributed by atoms with Crippen molar-refractivity contribution in [3.05, 3.63) is 107 Å². The van der Waals surface area contributed by atoms with Gasteiger partial charge >= 0.3 is 0 Å². The van der Waals surface area contributed by atoms with Crippen molar-refractivity contribution in [1.29, 1.82) is 0 Å². The smallest absolute Gasteiger partial charge is 0.123 e. The molecule has 0 aliphatic heterocycles. The maximum atomic E-state index is 12.2. The lowest BCUT2D eigenvalue weighted by molar-refractivity contribution is 0.626. The molecule has 3 heteroatoms. The predicted octanol–water partition coefficient (Wildman–Crippen LogP) is 6.91. The summed E-state index contributed by atoms with van der Waals surface area (Å²) in [4.78, 5) is 0. The summed E-state index contributed by atoms with van der Waals surface area (Å²) in [6.45, 7) is 6.03. The molecule has 138 valence electrons. The Morgan fingerprint density at radius 3 is 1.00 bits per heavy atom. The van der Waals surface area contributed by atoms with Crippen molar-refractivity contribution in [2.45, 2.75) is 33.6 Å². The highest BCUT2D eigenvalue weighted by atomic mass is 19.1. The van der Waals surface area contributed by atoms with Crippen LogP contribution in [0.15, 0.2) is 72.8 Å². The topological polar surface area (TPSA) is 0 Å². The standard InChI is InChI=1S/2C8H9F.C7H7F/c2*1-2-7-3-5-8(9)6-4-7;1-6-2-4-7(8)5-3-6/h2*3-6H,2H2,1H3;2-5H,1H3. The van der Waals surface area contributed by atoms with Crippen LogP contribution in [0.25, 0.3) is 0 Å². The van der Waals surface area contributed by atoms with E-state index >= 15 is 0 Å². The Morgan fingerprint density at radius 2 is 0.769 bits per heavy atom. The fourth-order valence-electron chi connectivity index (χ4n) is 1.97. The molecule has 0 unspecified atom stereocenters. The minimum absolute atomic E-state index is 0.160. The molecule has 0 saturated carbocycles. The summed E-state index contributed by atoms with van der Waals surface area (Å²) in [5.41, 5.74) is 3.44. The maximum absolute atomic E-state index is 12.2. The van der Waals surface area contributed by atoms with Crippen LogP contribution in [0.5, 0.6) is 0 Å². The zero-order valence-corrected chi connectivity index (χ0v) is 15.5. The molecule has 26 heavy (non-hydrogen) atoms. The van der Waals surface area contributed by atoms with Crippen LogP contribution in [-0.4, -0.2) is 0 Å². The van der Waals surface area contributed by atoms with E-state index in [1.54, 1.807) is 36.4 Å². The van der Waals surface area contributed by atoms with Crippen LogP contribution in [-0.2, 0) is 12.8 Å². The van der Waals surface area contributed by atoms with E-state index < -0.39 is 0 Å². The highest BCUT2D eigenvalue weighted by Crippen LogP contribution is 2.03. The molecule has 0 bridgehead atoms. The van der Waals surface area contributed by atoms with Gasteiger partial charge in [-0.3, -0.25) is 0 Å². The first-order chi connectivity index (χ1) is 12.4. The quantitative estimate of drug-likeness (QED) is 0.467. The number of rotatable bonds is 2. The van der Waals surface area contributed by atoms with Crippen molar-refractivity contribution in [3.8, 4) is 0 Å². The number of halogens is 3. The third kappa shape index (κ3) is 9.07. The van der Waals surface area contributed by atoms with Gasteiger partial charge in [-0.1, -0.05) is 55.8 Å². The first-order valence-corrected chi connectivity index (χ1v) is 8.65. The Morgan fingerprint density at radius 1 is 0.500 bits per heavy atom. The monoisotopic (exact) mass is 358 g/mol. The second-order valence-corrected chi connectivity index (χ2v) is 5.76. The van der Waals surface area contributed by atoms with Gasteiger partial charge in [0, 0.05) is 0 Å². The highest BCUT2D eigenvalue weighted by Gasteiger charge is 1.88. The minimum atomic E-state index is -0.171. The average molecular weight is 358 g/mol. The molecule has 0 nitrogen and oxygen atoms in total. The molecule has 0 aromatic heterocycles. The van der Waals surface area contributed by atoms with E-state index in [0.29, 0.717) is 0 Å². The Kier molecular flexibility index (Phi) is 9.85. The molecule has 0 atom stereocenters. The van der Waals surface area contributed by atoms with E-state index in [1.807, 2.05) is 20.8 Å². The van der Waals surface area contributed by atoms with Gasteiger partial charge in [0.15, 0.2) is 0 Å². The SMILES string of the molecule is CCc1ccc(F)cc1.CCc1ccc(F)cc1.Cc1ccc(F)cc1. The van der Waals surface area contributed by atoms with Crippen molar-refractivity contribution in [2.75, 3.05) is 0 Å². The average Bonchev–Trinajstić information content (AvgIpc) is 2.66. The van der Waals surface area contributed by atoms with Crippen LogP contribution in [0.3, 0.4) is 0 Å². The van der Waals surface area contributed by atoms with Crippen LogP contribution >= 0.6 is 0 Å². The third-order valence-corrected chi connectivity index (χ3v) is 3.65. The minimum Gasteiger partial charge on any atom is -0.207 e. The van der Waals surface area contributed by atoms with Gasteiger partial charge < -0.3 is 0 Å². The molecule has 0 radical (unpaired) electrons. The van der Waals surface area contributed by atoms with Crippen LogP contribution in [0, 0.1) is 24.4 Å². The van der Waals surface area contributed by atoms with Crippen molar-refractivity contribution in [2.24, 2.45) is 0 Å². The summed E-state index contributed by atoms with van der Waals surface area (Å²) in [5.74, 6) is -0.491. The van der Waals surface area contributed by atoms with E-state index in [4.69, 9.17) is 0 Å². The van der Waals surface area contributed by atoms with E-state index in [1.165, 1.54) is 47.5 Å². The van der Waals surface area contributed by atoms with Gasteiger partial charge in [-0.05, 0) is 67.3 Å². The maximum Gasteiger partial charge on any atom is 0.123 e. The summed E-state index contributed by atoms with van der Waals surface area (Å²) < 4.78 is 36.5. The van der Waals surface area contributed by atoms with E-state index in [-0.39, 0.29) is 17.5 Å². The zero-order valence-electron chi connectivity index (χ0n) is 15.5. The second-order valence-electron chi connectivity index (χ2n) is 5.76. The Hall–Kier alpha value is -2.55. The van der Waals surface area contributed by atoms with E-state index in [2.05, 4.69) is 0 Å². The molecule has 0 amide bonds. The fraction of sp³-hybridized carbons (Fsp3) is 0.217. The molecule has 3 rings (SSSR count). The molecule has 0 fully saturated rings. The largest absolute Gasteiger partial charge is 0.207 e. The van der Waals surface area contributed by atoms with E-state index in [9.17, 15) is 13.2 Å². The first kappa shape index (κ1) is 21.5. The lowest BCUT2D eigenvalue weighted by Gasteiger charge is -1.92. The number of benzene rings is 3. The van der Waals surface area contributed by atoms with Gasteiger partial charge in [0.25, 0.3) is 0 Å². The molecular formula is C23H25F3. The van der Waals surface area contributed by atoms with Crippen molar-refractivity contribution < 1.29 is 13.2 Å². The third-order valence-electron chi connectivity index (χ3n) is 3.65. The molecule has 0 aliphatic rings. The van der Waals surface area contributed by atoms with Crippen molar-refractivity contribution in [3.63, 3.8) is 0 Å². The van der Waals surface area contributed by atoms with Crippen LogP contribution in [0.2, 0.25) is 0 Å². The normalized spacial score (nSPS) is 9.46. The highest BCUT2D eigenvalue weighted by molar-refractivity contribution is 5.16. The molecule has 0 spiro atoms. The van der Waals surface area contributed by atoms with Crippen molar-refractivity contribution >= 4 is 0 Å². The molecule has 0 heterocycles. The van der Waals surface area contributed by atoms with Gasteiger partial charge in [0.05, 0.1) is 0 Å². The lowest BCUT2D eigenvalue weighted by atomic mass is 10.2. The molecule has 0 saturated heterocycles.